The number of nitrogens with zero attached hydrogens (tertiary/aromatic N) is 2. The molecule has 0 spiro atoms. The molecule has 22 heavy (non-hydrogen) atoms. The molecule has 0 aliphatic heterocycles. The van der Waals surface area contributed by atoms with Crippen LogP contribution >= 0.6 is 0 Å². The Morgan fingerprint density at radius 3 is 2.36 bits per heavy atom. The molecule has 2 aromatic rings. The van der Waals surface area contributed by atoms with E-state index in [0.717, 1.165) is 24.3 Å². The number of benzene rings is 1. The molecule has 2 amide bonds. The van der Waals surface area contributed by atoms with Gasteiger partial charge in [0.1, 0.15) is 0 Å². The molecule has 0 atom stereocenters. The van der Waals surface area contributed by atoms with Crippen LogP contribution in [0.3, 0.4) is 0 Å². The predicted octanol–water partition coefficient (Wildman–Crippen LogP) is 3.65. The van der Waals surface area contributed by atoms with E-state index >= 15 is 0 Å². The zero-order valence-corrected chi connectivity index (χ0v) is 13.9. The number of para-hydroxylation sites is 1. The van der Waals surface area contributed by atoms with Crippen molar-refractivity contribution in [3.8, 4) is 5.69 Å². The molecule has 0 saturated carbocycles. The molecule has 1 aromatic carbocycles. The first-order valence-electron chi connectivity index (χ1n) is 7.84. The van der Waals surface area contributed by atoms with Gasteiger partial charge in [-0.1, -0.05) is 18.2 Å². The molecule has 0 unspecified atom stereocenters. The highest BCUT2D eigenvalue weighted by Crippen LogP contribution is 2.20. The number of aromatic nitrogens is 1. The highest BCUT2D eigenvalue weighted by Gasteiger charge is 2.13. The minimum atomic E-state index is -0.00508. The summed E-state index contributed by atoms with van der Waals surface area (Å²) in [5.41, 5.74) is 4.65. The van der Waals surface area contributed by atoms with Crippen LogP contribution in [0.1, 0.15) is 30.8 Å². The predicted molar refractivity (Wildman–Crippen MR) is 90.4 cm³/mol. The SMILES string of the molecule is CCN(CC)C(=O)NCc1cc(C)n(-c2ccccc2)c1C. The highest BCUT2D eigenvalue weighted by molar-refractivity contribution is 5.74. The number of urea groups is 1. The Morgan fingerprint density at radius 2 is 1.77 bits per heavy atom. The summed E-state index contributed by atoms with van der Waals surface area (Å²) in [4.78, 5) is 13.8. The van der Waals surface area contributed by atoms with Gasteiger partial charge in [0.15, 0.2) is 0 Å². The standard InChI is InChI=1S/C18H25N3O/c1-5-20(6-2)18(22)19-13-16-12-14(3)21(15(16)4)17-10-8-7-9-11-17/h7-12H,5-6,13H2,1-4H3,(H,19,22). The van der Waals surface area contributed by atoms with E-state index in [9.17, 15) is 4.79 Å². The Kier molecular flexibility index (Phi) is 5.26. The van der Waals surface area contributed by atoms with E-state index in [1.807, 2.05) is 32.0 Å². The fourth-order valence-electron chi connectivity index (χ4n) is 2.78. The van der Waals surface area contributed by atoms with Crippen molar-refractivity contribution >= 4 is 6.03 Å². The Labute approximate surface area is 132 Å². The largest absolute Gasteiger partial charge is 0.334 e. The van der Waals surface area contributed by atoms with Crippen molar-refractivity contribution < 1.29 is 4.79 Å². The van der Waals surface area contributed by atoms with E-state index in [1.165, 1.54) is 11.4 Å². The third-order valence-electron chi connectivity index (χ3n) is 4.03. The van der Waals surface area contributed by atoms with Gasteiger partial charge in [-0.3, -0.25) is 0 Å². The Balaban J connectivity index is 2.16. The lowest BCUT2D eigenvalue weighted by Gasteiger charge is -2.19. The molecule has 4 nitrogen and oxygen atoms in total. The maximum absolute atomic E-state index is 12.1. The fraction of sp³-hybridized carbons (Fsp3) is 0.389. The summed E-state index contributed by atoms with van der Waals surface area (Å²) in [6.45, 7) is 10.2. The summed E-state index contributed by atoms with van der Waals surface area (Å²) < 4.78 is 2.22. The zero-order valence-electron chi connectivity index (χ0n) is 13.9. The summed E-state index contributed by atoms with van der Waals surface area (Å²) >= 11 is 0. The van der Waals surface area contributed by atoms with E-state index in [2.05, 4.69) is 41.9 Å². The lowest BCUT2D eigenvalue weighted by molar-refractivity contribution is 0.203. The Bertz CT molecular complexity index is 627. The molecule has 0 saturated heterocycles. The molecular formula is C18H25N3O. The molecule has 0 aliphatic rings. The average molecular weight is 299 g/mol. The third-order valence-corrected chi connectivity index (χ3v) is 4.03. The van der Waals surface area contributed by atoms with Gasteiger partial charge in [-0.25, -0.2) is 4.79 Å². The highest BCUT2D eigenvalue weighted by atomic mass is 16.2. The fourth-order valence-corrected chi connectivity index (χ4v) is 2.78. The van der Waals surface area contributed by atoms with Crippen LogP contribution in [0, 0.1) is 13.8 Å². The van der Waals surface area contributed by atoms with Crippen molar-refractivity contribution in [3.63, 3.8) is 0 Å². The van der Waals surface area contributed by atoms with Crippen LogP contribution in [-0.4, -0.2) is 28.6 Å². The van der Waals surface area contributed by atoms with Crippen molar-refractivity contribution in [3.05, 3.63) is 53.3 Å². The van der Waals surface area contributed by atoms with Gasteiger partial charge in [-0.2, -0.15) is 0 Å². The quantitative estimate of drug-likeness (QED) is 0.899. The number of nitrogens with one attached hydrogen (secondary N) is 1. The molecule has 4 heteroatoms. The van der Waals surface area contributed by atoms with Crippen LogP contribution in [0.5, 0.6) is 0 Å². The number of hydrogen-bond acceptors (Lipinski definition) is 1. The molecule has 2 rings (SSSR count). The van der Waals surface area contributed by atoms with Gasteiger partial charge in [0.2, 0.25) is 0 Å². The normalized spacial score (nSPS) is 10.5. The molecule has 1 N–H and O–H groups in total. The molecule has 1 aromatic heterocycles. The lowest BCUT2D eigenvalue weighted by Crippen LogP contribution is -2.39. The zero-order chi connectivity index (χ0) is 16.1. The second kappa shape index (κ2) is 7.16. The van der Waals surface area contributed by atoms with Gasteiger partial charge in [0.05, 0.1) is 0 Å². The first kappa shape index (κ1) is 16.1. The van der Waals surface area contributed by atoms with Gasteiger partial charge in [-0.15, -0.1) is 0 Å². The van der Waals surface area contributed by atoms with Crippen LogP contribution in [0.15, 0.2) is 36.4 Å². The summed E-state index contributed by atoms with van der Waals surface area (Å²) in [6.07, 6.45) is 0. The number of amides is 2. The number of carbonyl (C=O) groups is 1. The van der Waals surface area contributed by atoms with Crippen molar-refractivity contribution in [2.45, 2.75) is 34.2 Å². The van der Waals surface area contributed by atoms with E-state index in [4.69, 9.17) is 0 Å². The molecule has 118 valence electrons. The number of hydrogen-bond donors (Lipinski definition) is 1. The second-order valence-corrected chi connectivity index (χ2v) is 5.40. The molecule has 0 aliphatic carbocycles. The Hall–Kier alpha value is -2.23. The van der Waals surface area contributed by atoms with Crippen LogP contribution in [0.2, 0.25) is 0 Å². The van der Waals surface area contributed by atoms with Crippen molar-refractivity contribution in [2.24, 2.45) is 0 Å². The smallest absolute Gasteiger partial charge is 0.317 e. The van der Waals surface area contributed by atoms with Crippen molar-refractivity contribution in [1.29, 1.82) is 0 Å². The van der Waals surface area contributed by atoms with Crippen molar-refractivity contribution in [2.75, 3.05) is 13.1 Å². The first-order valence-corrected chi connectivity index (χ1v) is 7.84. The number of rotatable bonds is 5. The summed E-state index contributed by atoms with van der Waals surface area (Å²) in [5.74, 6) is 0. The van der Waals surface area contributed by atoms with E-state index in [1.54, 1.807) is 4.90 Å². The van der Waals surface area contributed by atoms with E-state index in [-0.39, 0.29) is 6.03 Å². The molecular weight excluding hydrogens is 274 g/mol. The molecule has 0 bridgehead atoms. The van der Waals surface area contributed by atoms with Gasteiger partial charge in [-0.05, 0) is 51.5 Å². The van der Waals surface area contributed by atoms with Crippen LogP contribution in [0.25, 0.3) is 5.69 Å². The summed E-state index contributed by atoms with van der Waals surface area (Å²) in [5, 5.41) is 3.01. The van der Waals surface area contributed by atoms with Gasteiger partial charge < -0.3 is 14.8 Å². The molecule has 0 radical (unpaired) electrons. The van der Waals surface area contributed by atoms with Crippen molar-refractivity contribution in [1.82, 2.24) is 14.8 Å². The monoisotopic (exact) mass is 299 g/mol. The van der Waals surface area contributed by atoms with Gasteiger partial charge in [0.25, 0.3) is 0 Å². The second-order valence-electron chi connectivity index (χ2n) is 5.40. The molecule has 0 fully saturated rings. The van der Waals surface area contributed by atoms with Crippen LogP contribution in [-0.2, 0) is 6.54 Å². The average Bonchev–Trinajstić information content (AvgIpc) is 2.81. The first-order chi connectivity index (χ1) is 10.6. The Morgan fingerprint density at radius 1 is 1.14 bits per heavy atom. The van der Waals surface area contributed by atoms with Gasteiger partial charge in [0, 0.05) is 36.7 Å². The summed E-state index contributed by atoms with van der Waals surface area (Å²) in [6, 6.07) is 12.4. The van der Waals surface area contributed by atoms with Gasteiger partial charge >= 0.3 is 6.03 Å². The number of carbonyl (C=O) groups excluding carboxylic acids is 1. The lowest BCUT2D eigenvalue weighted by atomic mass is 10.2. The maximum Gasteiger partial charge on any atom is 0.317 e. The van der Waals surface area contributed by atoms with Crippen LogP contribution in [0.4, 0.5) is 4.79 Å². The minimum Gasteiger partial charge on any atom is -0.334 e. The van der Waals surface area contributed by atoms with E-state index < -0.39 is 0 Å². The summed E-state index contributed by atoms with van der Waals surface area (Å²) in [7, 11) is 0. The minimum absolute atomic E-state index is 0.00508. The van der Waals surface area contributed by atoms with E-state index in [0.29, 0.717) is 6.54 Å². The molecule has 1 heterocycles. The topological polar surface area (TPSA) is 37.3 Å². The van der Waals surface area contributed by atoms with Crippen LogP contribution < -0.4 is 5.32 Å². The number of aryl methyl sites for hydroxylation is 1. The maximum atomic E-state index is 12.1. The third kappa shape index (κ3) is 3.32.